The lowest BCUT2D eigenvalue weighted by Crippen LogP contribution is -2.49. The highest BCUT2D eigenvalue weighted by atomic mass is 79.9. The van der Waals surface area contributed by atoms with Gasteiger partial charge >= 0.3 is 6.09 Å². The Morgan fingerprint density at radius 3 is 2.37 bits per heavy atom. The Kier molecular flexibility index (Phi) is 6.17. The first kappa shape index (κ1) is 19.8. The van der Waals surface area contributed by atoms with Crippen LogP contribution in [0.3, 0.4) is 0 Å². The molecule has 0 spiro atoms. The van der Waals surface area contributed by atoms with Crippen molar-refractivity contribution in [2.75, 3.05) is 6.61 Å². The summed E-state index contributed by atoms with van der Waals surface area (Å²) in [5, 5.41) is 1.30. The second-order valence-corrected chi connectivity index (χ2v) is 13.4. The summed E-state index contributed by atoms with van der Waals surface area (Å²) in [5.74, 6) is -0.199. The molecule has 1 aliphatic rings. The van der Waals surface area contributed by atoms with E-state index in [9.17, 15) is 9.59 Å². The van der Waals surface area contributed by atoms with Gasteiger partial charge in [0, 0.05) is 0 Å². The maximum absolute atomic E-state index is 13.1. The molecule has 2 aromatic rings. The summed E-state index contributed by atoms with van der Waals surface area (Å²) < 4.78 is 5.19. The van der Waals surface area contributed by atoms with Crippen LogP contribution in [0.2, 0.25) is 19.1 Å². The van der Waals surface area contributed by atoms with E-state index in [1.54, 1.807) is 0 Å². The van der Waals surface area contributed by atoms with Crippen LogP contribution in [-0.2, 0) is 16.0 Å². The first-order valence-electron chi connectivity index (χ1n) is 9.12. The number of halogens is 1. The Hall–Kier alpha value is -1.92. The minimum Gasteiger partial charge on any atom is -0.447 e. The maximum Gasteiger partial charge on any atom is 0.417 e. The predicted molar refractivity (Wildman–Crippen MR) is 113 cm³/mol. The molecule has 2 amide bonds. The molecule has 27 heavy (non-hydrogen) atoms. The molecule has 6 heteroatoms. The molecule has 0 aromatic heterocycles. The van der Waals surface area contributed by atoms with E-state index in [-0.39, 0.29) is 18.6 Å². The molecule has 3 rings (SSSR count). The van der Waals surface area contributed by atoms with Gasteiger partial charge in [0.25, 0.3) is 0 Å². The molecule has 142 valence electrons. The van der Waals surface area contributed by atoms with Crippen LogP contribution in [0, 0.1) is 0 Å². The number of nitrogens with zero attached hydrogens (tertiary/aromatic N) is 1. The standard InChI is InChI=1S/C21H24BrNO3Si/c1-27(2,18-11-7-4-8-12-18)15-19(22)20(24)23-17(14-26-21(23)25)13-16-9-5-3-6-10-16/h3-12,17,19H,13-15H2,1-2H3/t17-,19-/m1/s1. The molecule has 0 aliphatic carbocycles. The third kappa shape index (κ3) is 4.68. The average Bonchev–Trinajstić information content (AvgIpc) is 3.02. The van der Waals surface area contributed by atoms with Gasteiger partial charge in [-0.3, -0.25) is 4.79 Å². The number of alkyl halides is 1. The van der Waals surface area contributed by atoms with E-state index in [4.69, 9.17) is 4.74 Å². The van der Waals surface area contributed by atoms with Gasteiger partial charge in [0.1, 0.15) is 6.61 Å². The normalized spacial score (nSPS) is 18.3. The van der Waals surface area contributed by atoms with E-state index in [1.807, 2.05) is 48.5 Å². The Morgan fingerprint density at radius 2 is 1.74 bits per heavy atom. The van der Waals surface area contributed by atoms with E-state index in [1.165, 1.54) is 10.1 Å². The largest absolute Gasteiger partial charge is 0.447 e. The van der Waals surface area contributed by atoms with Gasteiger partial charge in [-0.1, -0.05) is 94.9 Å². The smallest absolute Gasteiger partial charge is 0.417 e. The minimum atomic E-state index is -1.82. The van der Waals surface area contributed by atoms with Gasteiger partial charge in [-0.05, 0) is 18.0 Å². The fourth-order valence-corrected chi connectivity index (χ4v) is 8.51. The van der Waals surface area contributed by atoms with Crippen molar-refractivity contribution in [3.8, 4) is 0 Å². The van der Waals surface area contributed by atoms with Gasteiger partial charge in [-0.2, -0.15) is 0 Å². The minimum absolute atomic E-state index is 0.199. The summed E-state index contributed by atoms with van der Waals surface area (Å²) in [6.07, 6.45) is 0.0712. The first-order valence-corrected chi connectivity index (χ1v) is 13.2. The van der Waals surface area contributed by atoms with Crippen LogP contribution in [0.1, 0.15) is 5.56 Å². The molecular weight excluding hydrogens is 422 g/mol. The van der Waals surface area contributed by atoms with Crippen molar-refractivity contribution >= 4 is 41.2 Å². The highest BCUT2D eigenvalue weighted by Gasteiger charge is 2.41. The quantitative estimate of drug-likeness (QED) is 0.499. The van der Waals surface area contributed by atoms with Crippen molar-refractivity contribution in [2.45, 2.75) is 36.4 Å². The van der Waals surface area contributed by atoms with Crippen molar-refractivity contribution in [2.24, 2.45) is 0 Å². The lowest BCUT2D eigenvalue weighted by atomic mass is 10.1. The van der Waals surface area contributed by atoms with Crippen LogP contribution in [0.5, 0.6) is 0 Å². The lowest BCUT2D eigenvalue weighted by molar-refractivity contribution is -0.128. The van der Waals surface area contributed by atoms with E-state index in [0.29, 0.717) is 6.42 Å². The van der Waals surface area contributed by atoms with E-state index < -0.39 is 19.0 Å². The number of amides is 2. The van der Waals surface area contributed by atoms with E-state index in [0.717, 1.165) is 11.6 Å². The van der Waals surface area contributed by atoms with E-state index in [2.05, 4.69) is 41.2 Å². The van der Waals surface area contributed by atoms with Crippen LogP contribution in [-0.4, -0.2) is 42.5 Å². The lowest BCUT2D eigenvalue weighted by Gasteiger charge is -2.28. The molecule has 1 aliphatic heterocycles. The summed E-state index contributed by atoms with van der Waals surface area (Å²) >= 11 is 3.56. The fourth-order valence-electron chi connectivity index (χ4n) is 3.46. The van der Waals surface area contributed by atoms with Gasteiger partial charge in [-0.15, -0.1) is 0 Å². The molecule has 2 atom stereocenters. The molecule has 1 heterocycles. The zero-order chi connectivity index (χ0) is 19.4. The number of ether oxygens (including phenoxy) is 1. The summed E-state index contributed by atoms with van der Waals surface area (Å²) in [6.45, 7) is 4.74. The highest BCUT2D eigenvalue weighted by molar-refractivity contribution is 9.10. The van der Waals surface area contributed by atoms with Crippen molar-refractivity contribution in [3.05, 3.63) is 66.2 Å². The monoisotopic (exact) mass is 445 g/mol. The Bertz CT molecular complexity index is 798. The highest BCUT2D eigenvalue weighted by Crippen LogP contribution is 2.25. The van der Waals surface area contributed by atoms with Crippen molar-refractivity contribution in [1.29, 1.82) is 0 Å². The van der Waals surface area contributed by atoms with Crippen LogP contribution >= 0.6 is 15.9 Å². The number of cyclic esters (lactones) is 1. The third-order valence-electron chi connectivity index (χ3n) is 5.03. The number of benzene rings is 2. The first-order chi connectivity index (χ1) is 12.9. The summed E-state index contributed by atoms with van der Waals surface area (Å²) in [4.78, 5) is 26.2. The van der Waals surface area contributed by atoms with Crippen LogP contribution in [0.4, 0.5) is 4.79 Å². The van der Waals surface area contributed by atoms with Gasteiger partial charge < -0.3 is 4.74 Å². The number of hydrogen-bond acceptors (Lipinski definition) is 3. The van der Waals surface area contributed by atoms with E-state index >= 15 is 0 Å². The molecule has 2 aromatic carbocycles. The molecular formula is C21H24BrNO3Si. The summed E-state index contributed by atoms with van der Waals surface area (Å²) in [5.41, 5.74) is 1.09. The molecule has 0 saturated carbocycles. The molecule has 0 bridgehead atoms. The molecule has 1 fully saturated rings. The Balaban J connectivity index is 1.71. The Morgan fingerprint density at radius 1 is 1.15 bits per heavy atom. The molecule has 0 unspecified atom stereocenters. The number of imide groups is 1. The van der Waals surface area contributed by atoms with Crippen LogP contribution in [0.15, 0.2) is 60.7 Å². The summed E-state index contributed by atoms with van der Waals surface area (Å²) in [7, 11) is -1.82. The Labute approximate surface area is 169 Å². The number of hydrogen-bond donors (Lipinski definition) is 0. The second-order valence-electron chi connectivity index (χ2n) is 7.55. The fraction of sp³-hybridized carbons (Fsp3) is 0.333. The summed E-state index contributed by atoms with van der Waals surface area (Å²) in [6, 6.07) is 20.6. The third-order valence-corrected chi connectivity index (χ3v) is 9.66. The van der Waals surface area contributed by atoms with Crippen LogP contribution < -0.4 is 5.19 Å². The molecule has 0 radical (unpaired) electrons. The molecule has 1 saturated heterocycles. The van der Waals surface area contributed by atoms with Gasteiger partial charge in [0.2, 0.25) is 5.91 Å². The molecule has 0 N–H and O–H groups in total. The number of carbonyl (C=O) groups is 2. The molecule has 4 nitrogen and oxygen atoms in total. The van der Waals surface area contributed by atoms with Crippen molar-refractivity contribution in [1.82, 2.24) is 4.90 Å². The van der Waals surface area contributed by atoms with Crippen molar-refractivity contribution < 1.29 is 14.3 Å². The number of rotatable bonds is 6. The zero-order valence-corrected chi connectivity index (χ0v) is 18.2. The van der Waals surface area contributed by atoms with Gasteiger partial charge in [0.15, 0.2) is 0 Å². The SMILES string of the molecule is C[Si](C)(C[C@@H](Br)C(=O)N1C(=O)OC[C@H]1Cc1ccccc1)c1ccccc1. The zero-order valence-electron chi connectivity index (χ0n) is 15.6. The van der Waals surface area contributed by atoms with Gasteiger partial charge in [0.05, 0.1) is 18.9 Å². The number of carbonyl (C=O) groups excluding carboxylic acids is 2. The second kappa shape index (κ2) is 8.40. The van der Waals surface area contributed by atoms with Crippen molar-refractivity contribution in [3.63, 3.8) is 0 Å². The topological polar surface area (TPSA) is 46.6 Å². The average molecular weight is 446 g/mol. The van der Waals surface area contributed by atoms with Crippen LogP contribution in [0.25, 0.3) is 0 Å². The maximum atomic E-state index is 13.1. The van der Waals surface area contributed by atoms with Gasteiger partial charge in [-0.25, -0.2) is 9.69 Å². The predicted octanol–water partition coefficient (Wildman–Crippen LogP) is 3.96.